The first-order valence-corrected chi connectivity index (χ1v) is 9.39. The van der Waals surface area contributed by atoms with Crippen molar-refractivity contribution in [2.45, 2.75) is 0 Å². The summed E-state index contributed by atoms with van der Waals surface area (Å²) in [6, 6.07) is 29.9. The smallest absolute Gasteiger partial charge is 0.335 e. The second kappa shape index (κ2) is 8.05. The molecule has 4 nitrogen and oxygen atoms in total. The van der Waals surface area contributed by atoms with E-state index in [2.05, 4.69) is 6.07 Å². The van der Waals surface area contributed by atoms with Crippen LogP contribution in [0, 0.1) is 0 Å². The van der Waals surface area contributed by atoms with Gasteiger partial charge in [0, 0.05) is 0 Å². The van der Waals surface area contributed by atoms with Crippen molar-refractivity contribution in [2.75, 3.05) is 0 Å². The number of rotatable bonds is 5. The predicted octanol–water partition coefficient (Wildman–Crippen LogP) is 6.08. The van der Waals surface area contributed by atoms with Gasteiger partial charge in [-0.25, -0.2) is 9.59 Å². The van der Waals surface area contributed by atoms with E-state index >= 15 is 0 Å². The van der Waals surface area contributed by atoms with Gasteiger partial charge in [-0.1, -0.05) is 60.7 Å². The van der Waals surface area contributed by atoms with E-state index in [9.17, 15) is 19.8 Å². The normalized spacial score (nSPS) is 10.5. The van der Waals surface area contributed by atoms with E-state index in [-0.39, 0.29) is 11.1 Å². The average molecular weight is 394 g/mol. The van der Waals surface area contributed by atoms with Gasteiger partial charge in [0.1, 0.15) is 0 Å². The molecule has 0 spiro atoms. The van der Waals surface area contributed by atoms with Crippen LogP contribution in [0.1, 0.15) is 20.7 Å². The van der Waals surface area contributed by atoms with E-state index in [0.29, 0.717) is 5.56 Å². The Kier molecular flexibility index (Phi) is 5.14. The van der Waals surface area contributed by atoms with Crippen LogP contribution in [0.25, 0.3) is 33.4 Å². The minimum Gasteiger partial charge on any atom is -0.478 e. The van der Waals surface area contributed by atoms with Crippen molar-refractivity contribution in [3.05, 3.63) is 108 Å². The van der Waals surface area contributed by atoms with E-state index in [0.717, 1.165) is 27.8 Å². The summed E-state index contributed by atoms with van der Waals surface area (Å²) in [5.74, 6) is -2.33. The standard InChI is InChI=1S/C26H18O4/c27-25(28)23-14-22(15-24(16-23)26(29)30)21-12-19(17-7-3-1-4-8-17)11-20(13-21)18-9-5-2-6-10-18/h1-16H,(H,27,28)(H,29,30). The van der Waals surface area contributed by atoms with Crippen molar-refractivity contribution in [1.29, 1.82) is 0 Å². The van der Waals surface area contributed by atoms with Crippen molar-refractivity contribution in [1.82, 2.24) is 0 Å². The number of benzene rings is 4. The van der Waals surface area contributed by atoms with Gasteiger partial charge in [-0.2, -0.15) is 0 Å². The van der Waals surface area contributed by atoms with Crippen LogP contribution in [0.5, 0.6) is 0 Å². The zero-order valence-corrected chi connectivity index (χ0v) is 15.9. The highest BCUT2D eigenvalue weighted by molar-refractivity contribution is 5.96. The molecule has 0 fully saturated rings. The van der Waals surface area contributed by atoms with Crippen LogP contribution in [-0.2, 0) is 0 Å². The molecule has 4 aromatic carbocycles. The van der Waals surface area contributed by atoms with Crippen molar-refractivity contribution >= 4 is 11.9 Å². The Balaban J connectivity index is 1.96. The van der Waals surface area contributed by atoms with Gasteiger partial charge >= 0.3 is 11.9 Å². The van der Waals surface area contributed by atoms with Crippen LogP contribution >= 0.6 is 0 Å². The Morgan fingerprint density at radius 3 is 1.13 bits per heavy atom. The van der Waals surface area contributed by atoms with Gasteiger partial charge in [-0.3, -0.25) is 0 Å². The molecule has 0 unspecified atom stereocenters. The van der Waals surface area contributed by atoms with E-state index in [1.807, 2.05) is 72.8 Å². The molecule has 0 aromatic heterocycles. The fourth-order valence-electron chi connectivity index (χ4n) is 3.43. The molecule has 146 valence electrons. The van der Waals surface area contributed by atoms with E-state index in [4.69, 9.17) is 0 Å². The quantitative estimate of drug-likeness (QED) is 0.430. The summed E-state index contributed by atoms with van der Waals surface area (Å²) in [5.41, 5.74) is 5.14. The molecular weight excluding hydrogens is 376 g/mol. The Hall–Kier alpha value is -4.18. The van der Waals surface area contributed by atoms with Gasteiger partial charge in [0.05, 0.1) is 11.1 Å². The molecule has 4 aromatic rings. The van der Waals surface area contributed by atoms with Crippen molar-refractivity contribution < 1.29 is 19.8 Å². The minimum atomic E-state index is -1.16. The third-order valence-corrected chi connectivity index (χ3v) is 4.91. The van der Waals surface area contributed by atoms with Gasteiger partial charge in [0.15, 0.2) is 0 Å². The van der Waals surface area contributed by atoms with Gasteiger partial charge in [0.25, 0.3) is 0 Å². The largest absolute Gasteiger partial charge is 0.478 e. The second-order valence-electron chi connectivity index (χ2n) is 6.94. The second-order valence-corrected chi connectivity index (χ2v) is 6.94. The first-order valence-electron chi connectivity index (χ1n) is 9.39. The van der Waals surface area contributed by atoms with Crippen LogP contribution < -0.4 is 0 Å². The molecule has 0 radical (unpaired) electrons. The number of carboxylic acid groups (broad SMARTS) is 2. The lowest BCUT2D eigenvalue weighted by atomic mass is 9.92. The fraction of sp³-hybridized carbons (Fsp3) is 0. The van der Waals surface area contributed by atoms with Gasteiger partial charge < -0.3 is 10.2 Å². The summed E-state index contributed by atoms with van der Waals surface area (Å²) in [4.78, 5) is 23.1. The zero-order chi connectivity index (χ0) is 21.1. The first-order chi connectivity index (χ1) is 14.5. The Morgan fingerprint density at radius 2 is 0.767 bits per heavy atom. The molecule has 0 saturated carbocycles. The number of hydrogen-bond donors (Lipinski definition) is 2. The maximum Gasteiger partial charge on any atom is 0.335 e. The molecule has 0 bridgehead atoms. The van der Waals surface area contributed by atoms with Gasteiger partial charge in [0.2, 0.25) is 0 Å². The molecule has 2 N–H and O–H groups in total. The number of carboxylic acids is 2. The lowest BCUT2D eigenvalue weighted by Gasteiger charge is -2.12. The monoisotopic (exact) mass is 394 g/mol. The Bertz CT molecular complexity index is 1140. The van der Waals surface area contributed by atoms with Crippen LogP contribution in [-0.4, -0.2) is 22.2 Å². The fourth-order valence-corrected chi connectivity index (χ4v) is 3.43. The maximum atomic E-state index is 11.5. The summed E-state index contributed by atoms with van der Waals surface area (Å²) >= 11 is 0. The highest BCUT2D eigenvalue weighted by Crippen LogP contribution is 2.33. The first kappa shape index (κ1) is 19.2. The molecule has 0 aliphatic rings. The van der Waals surface area contributed by atoms with E-state index in [1.165, 1.54) is 18.2 Å². The zero-order valence-electron chi connectivity index (χ0n) is 15.9. The third-order valence-electron chi connectivity index (χ3n) is 4.91. The third kappa shape index (κ3) is 3.98. The number of carbonyl (C=O) groups is 2. The van der Waals surface area contributed by atoms with Crippen molar-refractivity contribution in [2.24, 2.45) is 0 Å². The molecule has 4 rings (SSSR count). The van der Waals surface area contributed by atoms with Crippen molar-refractivity contribution in [3.63, 3.8) is 0 Å². The van der Waals surface area contributed by atoms with Crippen LogP contribution in [0.2, 0.25) is 0 Å². The summed E-state index contributed by atoms with van der Waals surface area (Å²) in [7, 11) is 0. The lowest BCUT2D eigenvalue weighted by molar-refractivity contribution is 0.0696. The van der Waals surface area contributed by atoms with Gasteiger partial charge in [-0.05, 0) is 69.8 Å². The minimum absolute atomic E-state index is 0.0590. The molecule has 0 atom stereocenters. The number of hydrogen-bond acceptors (Lipinski definition) is 2. The van der Waals surface area contributed by atoms with Gasteiger partial charge in [-0.15, -0.1) is 0 Å². The van der Waals surface area contributed by atoms with E-state index in [1.54, 1.807) is 0 Å². The molecule has 4 heteroatoms. The molecule has 0 amide bonds. The number of aromatic carboxylic acids is 2. The SMILES string of the molecule is O=C(O)c1cc(C(=O)O)cc(-c2cc(-c3ccccc3)cc(-c3ccccc3)c2)c1. The summed E-state index contributed by atoms with van der Waals surface area (Å²) in [6.45, 7) is 0. The van der Waals surface area contributed by atoms with Crippen LogP contribution in [0.15, 0.2) is 97.1 Å². The molecule has 30 heavy (non-hydrogen) atoms. The molecule has 0 heterocycles. The molecule has 0 aliphatic carbocycles. The van der Waals surface area contributed by atoms with Crippen LogP contribution in [0.4, 0.5) is 0 Å². The Morgan fingerprint density at radius 1 is 0.433 bits per heavy atom. The topological polar surface area (TPSA) is 74.6 Å². The summed E-state index contributed by atoms with van der Waals surface area (Å²) in [5, 5.41) is 18.9. The highest BCUT2D eigenvalue weighted by Gasteiger charge is 2.14. The average Bonchev–Trinajstić information content (AvgIpc) is 2.79. The molecular formula is C26H18O4. The summed E-state index contributed by atoms with van der Waals surface area (Å²) < 4.78 is 0. The highest BCUT2D eigenvalue weighted by atomic mass is 16.4. The lowest BCUT2D eigenvalue weighted by Crippen LogP contribution is -2.03. The van der Waals surface area contributed by atoms with E-state index < -0.39 is 11.9 Å². The van der Waals surface area contributed by atoms with Crippen LogP contribution in [0.3, 0.4) is 0 Å². The molecule has 0 aliphatic heterocycles. The summed E-state index contributed by atoms with van der Waals surface area (Å²) in [6.07, 6.45) is 0. The van der Waals surface area contributed by atoms with Crippen molar-refractivity contribution in [3.8, 4) is 33.4 Å². The Labute approximate surface area is 173 Å². The maximum absolute atomic E-state index is 11.5. The molecule has 0 saturated heterocycles. The predicted molar refractivity (Wildman–Crippen MR) is 117 cm³/mol.